The number of hydrazine groups is 1. The van der Waals surface area contributed by atoms with E-state index in [0.29, 0.717) is 0 Å². The summed E-state index contributed by atoms with van der Waals surface area (Å²) in [5, 5.41) is 4.85. The molecule has 0 atom stereocenters. The van der Waals surface area contributed by atoms with Gasteiger partial charge in [0.1, 0.15) is 0 Å². The fourth-order valence-corrected chi connectivity index (χ4v) is 1.57. The van der Waals surface area contributed by atoms with Crippen molar-refractivity contribution in [3.05, 3.63) is 0 Å². The van der Waals surface area contributed by atoms with Gasteiger partial charge in [0, 0.05) is 26.7 Å². The second kappa shape index (κ2) is 4.73. The van der Waals surface area contributed by atoms with Crippen LogP contribution in [0.1, 0.15) is 32.6 Å². The van der Waals surface area contributed by atoms with Gasteiger partial charge in [-0.1, -0.05) is 13.3 Å². The van der Waals surface area contributed by atoms with Gasteiger partial charge in [-0.3, -0.25) is 0 Å². The average molecular weight is 156 g/mol. The first-order chi connectivity index (χ1) is 5.34. The summed E-state index contributed by atoms with van der Waals surface area (Å²) in [5.41, 5.74) is 0. The quantitative estimate of drug-likeness (QED) is 0.614. The monoisotopic (exact) mass is 156 g/mol. The Balaban J connectivity index is 2.18. The maximum Gasteiger partial charge on any atom is 0.0133 e. The van der Waals surface area contributed by atoms with E-state index in [9.17, 15) is 0 Å². The molecule has 2 heteroatoms. The zero-order chi connectivity index (χ0) is 8.10. The molecule has 0 aromatic carbocycles. The molecule has 1 aliphatic heterocycles. The van der Waals surface area contributed by atoms with Crippen molar-refractivity contribution < 1.29 is 0 Å². The highest BCUT2D eigenvalue weighted by molar-refractivity contribution is 4.61. The van der Waals surface area contributed by atoms with Crippen LogP contribution in [0.25, 0.3) is 0 Å². The number of hydrogen-bond donors (Lipinski definition) is 0. The predicted molar refractivity (Wildman–Crippen MR) is 48.3 cm³/mol. The SMILES string of the molecule is CCCCN1CCCCN1C. The van der Waals surface area contributed by atoms with Crippen LogP contribution in [0.3, 0.4) is 0 Å². The zero-order valence-electron chi connectivity index (χ0n) is 7.84. The molecule has 0 aromatic heterocycles. The van der Waals surface area contributed by atoms with Crippen LogP contribution in [0.4, 0.5) is 0 Å². The van der Waals surface area contributed by atoms with Crippen molar-refractivity contribution in [2.24, 2.45) is 0 Å². The lowest BCUT2D eigenvalue weighted by atomic mass is 10.2. The van der Waals surface area contributed by atoms with Crippen molar-refractivity contribution in [3.8, 4) is 0 Å². The van der Waals surface area contributed by atoms with Crippen molar-refractivity contribution in [2.75, 3.05) is 26.7 Å². The smallest absolute Gasteiger partial charge is 0.0133 e. The lowest BCUT2D eigenvalue weighted by Crippen LogP contribution is -2.44. The van der Waals surface area contributed by atoms with E-state index in [1.54, 1.807) is 0 Å². The lowest BCUT2D eigenvalue weighted by molar-refractivity contribution is -0.0276. The van der Waals surface area contributed by atoms with Crippen LogP contribution in [-0.4, -0.2) is 36.7 Å². The van der Waals surface area contributed by atoms with Gasteiger partial charge >= 0.3 is 0 Å². The van der Waals surface area contributed by atoms with Crippen molar-refractivity contribution in [1.82, 2.24) is 10.0 Å². The minimum Gasteiger partial charge on any atom is -0.245 e. The molecule has 0 amide bonds. The van der Waals surface area contributed by atoms with E-state index in [1.807, 2.05) is 0 Å². The first kappa shape index (κ1) is 9.01. The molecular formula is C9H20N2. The highest BCUT2D eigenvalue weighted by Crippen LogP contribution is 2.08. The Morgan fingerprint density at radius 3 is 2.55 bits per heavy atom. The fraction of sp³-hybridized carbons (Fsp3) is 1.00. The van der Waals surface area contributed by atoms with Crippen molar-refractivity contribution >= 4 is 0 Å². The van der Waals surface area contributed by atoms with E-state index in [2.05, 4.69) is 24.0 Å². The lowest BCUT2D eigenvalue weighted by Gasteiger charge is -2.35. The molecule has 2 nitrogen and oxygen atoms in total. The Morgan fingerprint density at radius 2 is 1.91 bits per heavy atom. The topological polar surface area (TPSA) is 6.48 Å². The molecule has 11 heavy (non-hydrogen) atoms. The minimum absolute atomic E-state index is 1.25. The summed E-state index contributed by atoms with van der Waals surface area (Å²) in [6.07, 6.45) is 5.40. The zero-order valence-corrected chi connectivity index (χ0v) is 7.84. The van der Waals surface area contributed by atoms with Crippen LogP contribution >= 0.6 is 0 Å². The molecule has 66 valence electrons. The molecule has 1 heterocycles. The van der Waals surface area contributed by atoms with E-state index in [4.69, 9.17) is 0 Å². The molecule has 1 saturated heterocycles. The summed E-state index contributed by atoms with van der Waals surface area (Å²) in [4.78, 5) is 0. The summed E-state index contributed by atoms with van der Waals surface area (Å²) in [5.74, 6) is 0. The van der Waals surface area contributed by atoms with E-state index < -0.39 is 0 Å². The summed E-state index contributed by atoms with van der Waals surface area (Å²) in [6.45, 7) is 6.04. The normalized spacial score (nSPS) is 22.4. The molecule has 0 aromatic rings. The van der Waals surface area contributed by atoms with Crippen LogP contribution in [0.5, 0.6) is 0 Å². The number of rotatable bonds is 3. The Kier molecular flexibility index (Phi) is 3.87. The number of hydrogen-bond acceptors (Lipinski definition) is 2. The summed E-state index contributed by atoms with van der Waals surface area (Å²) in [6, 6.07) is 0. The maximum atomic E-state index is 2.48. The molecule has 0 radical (unpaired) electrons. The predicted octanol–water partition coefficient (Wildman–Crippen LogP) is 1.73. The first-order valence-corrected chi connectivity index (χ1v) is 4.80. The van der Waals surface area contributed by atoms with E-state index in [0.717, 1.165) is 0 Å². The first-order valence-electron chi connectivity index (χ1n) is 4.80. The van der Waals surface area contributed by atoms with Crippen LogP contribution in [-0.2, 0) is 0 Å². The minimum atomic E-state index is 1.25. The van der Waals surface area contributed by atoms with Gasteiger partial charge in [-0.15, -0.1) is 0 Å². The Labute approximate surface area is 70.1 Å². The van der Waals surface area contributed by atoms with Gasteiger partial charge in [-0.2, -0.15) is 0 Å². The Hall–Kier alpha value is -0.0800. The van der Waals surface area contributed by atoms with Crippen molar-refractivity contribution in [1.29, 1.82) is 0 Å². The van der Waals surface area contributed by atoms with Crippen LogP contribution in [0, 0.1) is 0 Å². The molecule has 0 spiro atoms. The second-order valence-corrected chi connectivity index (χ2v) is 3.40. The van der Waals surface area contributed by atoms with Crippen molar-refractivity contribution in [3.63, 3.8) is 0 Å². The van der Waals surface area contributed by atoms with Gasteiger partial charge in [-0.25, -0.2) is 10.0 Å². The summed E-state index contributed by atoms with van der Waals surface area (Å²) in [7, 11) is 2.20. The molecule has 0 aliphatic carbocycles. The van der Waals surface area contributed by atoms with E-state index in [-0.39, 0.29) is 0 Å². The van der Waals surface area contributed by atoms with Gasteiger partial charge in [0.25, 0.3) is 0 Å². The third kappa shape index (κ3) is 2.80. The van der Waals surface area contributed by atoms with Gasteiger partial charge in [0.05, 0.1) is 0 Å². The standard InChI is InChI=1S/C9H20N2/c1-3-4-8-11-9-6-5-7-10(11)2/h3-9H2,1-2H3. The summed E-state index contributed by atoms with van der Waals surface area (Å²) < 4.78 is 0. The molecule has 0 bridgehead atoms. The summed E-state index contributed by atoms with van der Waals surface area (Å²) >= 11 is 0. The van der Waals surface area contributed by atoms with Gasteiger partial charge in [0.2, 0.25) is 0 Å². The van der Waals surface area contributed by atoms with Gasteiger partial charge in [-0.05, 0) is 19.3 Å². The molecule has 0 unspecified atom stereocenters. The van der Waals surface area contributed by atoms with Crippen LogP contribution < -0.4 is 0 Å². The van der Waals surface area contributed by atoms with E-state index in [1.165, 1.54) is 45.3 Å². The molecule has 1 fully saturated rings. The number of unbranched alkanes of at least 4 members (excludes halogenated alkanes) is 1. The highest BCUT2D eigenvalue weighted by Gasteiger charge is 2.13. The van der Waals surface area contributed by atoms with Crippen LogP contribution in [0.15, 0.2) is 0 Å². The number of nitrogens with zero attached hydrogens (tertiary/aromatic N) is 2. The van der Waals surface area contributed by atoms with Crippen LogP contribution in [0.2, 0.25) is 0 Å². The fourth-order valence-electron chi connectivity index (χ4n) is 1.57. The molecular weight excluding hydrogens is 136 g/mol. The van der Waals surface area contributed by atoms with Gasteiger partial charge < -0.3 is 0 Å². The van der Waals surface area contributed by atoms with Gasteiger partial charge in [0.15, 0.2) is 0 Å². The maximum absolute atomic E-state index is 2.48. The Bertz CT molecular complexity index is 104. The third-order valence-corrected chi connectivity index (χ3v) is 2.40. The molecule has 0 N–H and O–H groups in total. The van der Waals surface area contributed by atoms with Crippen molar-refractivity contribution in [2.45, 2.75) is 32.6 Å². The van der Waals surface area contributed by atoms with E-state index >= 15 is 0 Å². The average Bonchev–Trinajstić information content (AvgIpc) is 2.03. The molecule has 0 saturated carbocycles. The molecule has 1 aliphatic rings. The highest BCUT2D eigenvalue weighted by atomic mass is 15.6. The third-order valence-electron chi connectivity index (χ3n) is 2.40. The molecule has 1 rings (SSSR count). The Morgan fingerprint density at radius 1 is 1.18 bits per heavy atom. The largest absolute Gasteiger partial charge is 0.245 e. The second-order valence-electron chi connectivity index (χ2n) is 3.40.